The van der Waals surface area contributed by atoms with Crippen LogP contribution in [0.2, 0.25) is 0 Å². The van der Waals surface area contributed by atoms with Gasteiger partial charge in [-0.2, -0.15) is 4.31 Å². The molecule has 1 saturated heterocycles. The summed E-state index contributed by atoms with van der Waals surface area (Å²) in [5, 5.41) is 1.67. The average Bonchev–Trinajstić information content (AvgIpc) is 2.76. The summed E-state index contributed by atoms with van der Waals surface area (Å²) in [6.45, 7) is 5.66. The molecule has 0 saturated carbocycles. The summed E-state index contributed by atoms with van der Waals surface area (Å²) in [6.07, 6.45) is 1.91. The van der Waals surface area contributed by atoms with Crippen LogP contribution in [0.25, 0.3) is 0 Å². The number of hydrogen-bond donors (Lipinski definition) is 1. The van der Waals surface area contributed by atoms with Crippen LogP contribution in [0.4, 0.5) is 5.69 Å². The highest BCUT2D eigenvalue weighted by Crippen LogP contribution is 2.30. The molecular weight excluding hydrogens is 268 g/mol. The number of nitrogens with two attached hydrogens (primary N) is 1. The maximum absolute atomic E-state index is 12.4. The van der Waals surface area contributed by atoms with Gasteiger partial charge in [-0.1, -0.05) is 13.8 Å². The lowest BCUT2D eigenvalue weighted by Crippen LogP contribution is -2.39. The Hall–Kier alpha value is -0.590. The average molecular weight is 288 g/mol. The lowest BCUT2D eigenvalue weighted by molar-refractivity contribution is 0.227. The second kappa shape index (κ2) is 5.19. The largest absolute Gasteiger partial charge is 0.398 e. The lowest BCUT2D eigenvalue weighted by Gasteiger charge is -2.32. The van der Waals surface area contributed by atoms with Crippen molar-refractivity contribution in [1.82, 2.24) is 4.31 Å². The van der Waals surface area contributed by atoms with E-state index in [9.17, 15) is 8.42 Å². The Bertz CT molecular complexity index is 500. The van der Waals surface area contributed by atoms with Crippen molar-refractivity contribution in [2.45, 2.75) is 30.9 Å². The monoisotopic (exact) mass is 288 g/mol. The first-order valence-corrected chi connectivity index (χ1v) is 8.57. The summed E-state index contributed by atoms with van der Waals surface area (Å²) < 4.78 is 26.7. The van der Waals surface area contributed by atoms with E-state index in [1.807, 2.05) is 0 Å². The van der Waals surface area contributed by atoms with Crippen LogP contribution >= 0.6 is 11.3 Å². The number of nitrogen functional groups attached to an aromatic ring is 1. The molecule has 0 amide bonds. The Kier molecular flexibility index (Phi) is 3.99. The van der Waals surface area contributed by atoms with Crippen molar-refractivity contribution >= 4 is 27.0 Å². The maximum atomic E-state index is 12.4. The predicted octanol–water partition coefficient (Wildman–Crippen LogP) is 2.39. The van der Waals surface area contributed by atoms with E-state index in [1.165, 1.54) is 11.3 Å². The van der Waals surface area contributed by atoms with Crippen LogP contribution in [0.15, 0.2) is 15.7 Å². The molecule has 1 aromatic heterocycles. The number of anilines is 1. The number of sulfonamides is 1. The number of nitrogens with zero attached hydrogens (tertiary/aromatic N) is 1. The first-order chi connectivity index (χ1) is 8.41. The minimum absolute atomic E-state index is 0.364. The van der Waals surface area contributed by atoms with Crippen molar-refractivity contribution in [3.8, 4) is 0 Å². The molecule has 1 aliphatic heterocycles. The summed E-state index contributed by atoms with van der Waals surface area (Å²) in [7, 11) is -3.32. The fourth-order valence-corrected chi connectivity index (χ4v) is 5.08. The predicted molar refractivity (Wildman–Crippen MR) is 75.1 cm³/mol. The van der Waals surface area contributed by atoms with Crippen LogP contribution in [0.1, 0.15) is 26.7 Å². The molecule has 0 radical (unpaired) electrons. The minimum Gasteiger partial charge on any atom is -0.398 e. The highest BCUT2D eigenvalue weighted by Gasteiger charge is 2.31. The number of thiophene rings is 1. The smallest absolute Gasteiger partial charge is 0.252 e. The number of hydrogen-bond acceptors (Lipinski definition) is 4. The van der Waals surface area contributed by atoms with Gasteiger partial charge in [0.25, 0.3) is 10.0 Å². The summed E-state index contributed by atoms with van der Waals surface area (Å²) in [4.78, 5) is 0. The molecule has 4 nitrogen and oxygen atoms in total. The molecule has 2 N–H and O–H groups in total. The topological polar surface area (TPSA) is 63.4 Å². The summed E-state index contributed by atoms with van der Waals surface area (Å²) in [5.41, 5.74) is 6.12. The standard InChI is InChI=1S/C12H20N2O2S2/c1-9(2)10-3-5-14(6-4-10)18(15,16)12-7-11(13)8-17-12/h7-10H,3-6,13H2,1-2H3. The van der Waals surface area contributed by atoms with Crippen molar-refractivity contribution in [3.63, 3.8) is 0 Å². The fourth-order valence-electron chi connectivity index (χ4n) is 2.38. The van der Waals surface area contributed by atoms with Crippen molar-refractivity contribution in [3.05, 3.63) is 11.4 Å². The van der Waals surface area contributed by atoms with Gasteiger partial charge >= 0.3 is 0 Å². The summed E-state index contributed by atoms with van der Waals surface area (Å²) in [5.74, 6) is 1.28. The zero-order valence-electron chi connectivity index (χ0n) is 10.8. The Labute approximate surface area is 113 Å². The molecule has 0 atom stereocenters. The fraction of sp³-hybridized carbons (Fsp3) is 0.667. The molecule has 6 heteroatoms. The van der Waals surface area contributed by atoms with E-state index in [1.54, 1.807) is 15.8 Å². The molecular formula is C12H20N2O2S2. The molecule has 1 aromatic rings. The van der Waals surface area contributed by atoms with Gasteiger partial charge in [0.05, 0.1) is 0 Å². The zero-order chi connectivity index (χ0) is 13.3. The first kappa shape index (κ1) is 13.8. The number of piperidine rings is 1. The van der Waals surface area contributed by atoms with Crippen LogP contribution in [0.3, 0.4) is 0 Å². The maximum Gasteiger partial charge on any atom is 0.252 e. The van der Waals surface area contributed by atoms with Crippen molar-refractivity contribution in [1.29, 1.82) is 0 Å². The first-order valence-electron chi connectivity index (χ1n) is 6.25. The van der Waals surface area contributed by atoms with Gasteiger partial charge in [0, 0.05) is 24.2 Å². The third-order valence-electron chi connectivity index (χ3n) is 3.63. The molecule has 1 aliphatic rings. The highest BCUT2D eigenvalue weighted by molar-refractivity contribution is 7.91. The van der Waals surface area contributed by atoms with Gasteiger partial charge in [-0.05, 0) is 30.7 Å². The summed E-state index contributed by atoms with van der Waals surface area (Å²) in [6, 6.07) is 1.55. The van der Waals surface area contributed by atoms with E-state index in [0.29, 0.717) is 34.8 Å². The van der Waals surface area contributed by atoms with Crippen LogP contribution < -0.4 is 5.73 Å². The molecule has 2 heterocycles. The molecule has 18 heavy (non-hydrogen) atoms. The quantitative estimate of drug-likeness (QED) is 0.929. The third kappa shape index (κ3) is 2.70. The number of rotatable bonds is 3. The Morgan fingerprint density at radius 1 is 1.39 bits per heavy atom. The van der Waals surface area contributed by atoms with E-state index in [4.69, 9.17) is 5.73 Å². The second-order valence-electron chi connectivity index (χ2n) is 5.18. The molecule has 0 bridgehead atoms. The van der Waals surface area contributed by atoms with E-state index in [2.05, 4.69) is 13.8 Å². The van der Waals surface area contributed by atoms with Crippen molar-refractivity contribution in [2.24, 2.45) is 11.8 Å². The highest BCUT2D eigenvalue weighted by atomic mass is 32.2. The van der Waals surface area contributed by atoms with Crippen molar-refractivity contribution < 1.29 is 8.42 Å². The van der Waals surface area contributed by atoms with Crippen LogP contribution in [0.5, 0.6) is 0 Å². The zero-order valence-corrected chi connectivity index (χ0v) is 12.4. The molecule has 2 rings (SSSR count). The van der Waals surface area contributed by atoms with Gasteiger partial charge in [0.1, 0.15) is 4.21 Å². The molecule has 0 aliphatic carbocycles. The van der Waals surface area contributed by atoms with Gasteiger partial charge in [-0.3, -0.25) is 0 Å². The SMILES string of the molecule is CC(C)C1CCN(S(=O)(=O)c2cc(N)cs2)CC1. The lowest BCUT2D eigenvalue weighted by atomic mass is 9.87. The minimum atomic E-state index is -3.32. The van der Waals surface area contributed by atoms with Crippen LogP contribution in [-0.2, 0) is 10.0 Å². The van der Waals surface area contributed by atoms with E-state index in [-0.39, 0.29) is 0 Å². The molecule has 1 fully saturated rings. The van der Waals surface area contributed by atoms with E-state index >= 15 is 0 Å². The van der Waals surface area contributed by atoms with Gasteiger partial charge in [-0.15, -0.1) is 11.3 Å². The van der Waals surface area contributed by atoms with Crippen molar-refractivity contribution in [2.75, 3.05) is 18.8 Å². The van der Waals surface area contributed by atoms with E-state index < -0.39 is 10.0 Å². The molecule has 0 unspecified atom stereocenters. The Morgan fingerprint density at radius 2 is 2.00 bits per heavy atom. The normalized spacial score (nSPS) is 19.5. The third-order valence-corrected chi connectivity index (χ3v) is 6.96. The van der Waals surface area contributed by atoms with Gasteiger partial charge < -0.3 is 5.73 Å². The molecule has 0 spiro atoms. The summed E-state index contributed by atoms with van der Waals surface area (Å²) >= 11 is 1.20. The van der Waals surface area contributed by atoms with E-state index in [0.717, 1.165) is 12.8 Å². The molecule has 0 aromatic carbocycles. The molecule has 102 valence electrons. The van der Waals surface area contributed by atoms with Gasteiger partial charge in [-0.25, -0.2) is 8.42 Å². The van der Waals surface area contributed by atoms with Gasteiger partial charge in [0.2, 0.25) is 0 Å². The second-order valence-corrected chi connectivity index (χ2v) is 8.26. The van der Waals surface area contributed by atoms with Gasteiger partial charge in [0.15, 0.2) is 0 Å². The van der Waals surface area contributed by atoms with Crippen LogP contribution in [-0.4, -0.2) is 25.8 Å². The Morgan fingerprint density at radius 3 is 2.44 bits per heavy atom. The van der Waals surface area contributed by atoms with Crippen LogP contribution in [0, 0.1) is 11.8 Å². The Balaban J connectivity index is 2.09.